The van der Waals surface area contributed by atoms with E-state index in [2.05, 4.69) is 10.6 Å². The van der Waals surface area contributed by atoms with Crippen LogP contribution in [0.3, 0.4) is 0 Å². The van der Waals surface area contributed by atoms with Crippen LogP contribution in [0.15, 0.2) is 24.3 Å². The zero-order chi connectivity index (χ0) is 17.5. The van der Waals surface area contributed by atoms with E-state index in [0.29, 0.717) is 12.2 Å². The predicted molar refractivity (Wildman–Crippen MR) is 92.5 cm³/mol. The van der Waals surface area contributed by atoms with Crippen LogP contribution in [0.25, 0.3) is 0 Å². The molecule has 0 radical (unpaired) electrons. The summed E-state index contributed by atoms with van der Waals surface area (Å²) < 4.78 is 5.20. The molecule has 1 aromatic carbocycles. The van der Waals surface area contributed by atoms with E-state index in [-0.39, 0.29) is 11.8 Å². The fraction of sp³-hybridized carbons (Fsp3) is 0.556. The summed E-state index contributed by atoms with van der Waals surface area (Å²) in [4.78, 5) is 23.1. The molecule has 128 valence electrons. The Kier molecular flexibility index (Phi) is 7.07. The third-order valence-electron chi connectivity index (χ3n) is 3.07. The molecule has 0 spiro atoms. The van der Waals surface area contributed by atoms with Crippen molar-refractivity contribution in [3.8, 4) is 0 Å². The standard InChI is InChI=1S/C18H28N2O3/c1-13(2)16(21)19-12-6-7-14-8-10-15(11-9-14)20-17(22)23-18(3,4)5/h8-11,13H,6-7,12H2,1-5H3,(H,19,21)(H,20,22). The van der Waals surface area contributed by atoms with E-state index in [4.69, 9.17) is 4.74 Å². The van der Waals surface area contributed by atoms with Gasteiger partial charge in [-0.25, -0.2) is 4.79 Å². The van der Waals surface area contributed by atoms with Gasteiger partial charge in [0.25, 0.3) is 0 Å². The lowest BCUT2D eigenvalue weighted by molar-refractivity contribution is -0.123. The van der Waals surface area contributed by atoms with Crippen LogP contribution in [0.1, 0.15) is 46.6 Å². The summed E-state index contributed by atoms with van der Waals surface area (Å²) in [6.07, 6.45) is 1.31. The van der Waals surface area contributed by atoms with Crippen molar-refractivity contribution >= 4 is 17.7 Å². The van der Waals surface area contributed by atoms with Crippen molar-refractivity contribution in [3.63, 3.8) is 0 Å². The van der Waals surface area contributed by atoms with Crippen LogP contribution in [0.2, 0.25) is 0 Å². The Morgan fingerprint density at radius 3 is 2.26 bits per heavy atom. The van der Waals surface area contributed by atoms with E-state index in [1.54, 1.807) is 0 Å². The number of hydrogen-bond donors (Lipinski definition) is 2. The number of benzene rings is 1. The molecule has 2 N–H and O–H groups in total. The molecule has 0 atom stereocenters. The van der Waals surface area contributed by atoms with Gasteiger partial charge in [0.1, 0.15) is 5.60 Å². The van der Waals surface area contributed by atoms with Crippen molar-refractivity contribution in [2.24, 2.45) is 5.92 Å². The zero-order valence-corrected chi connectivity index (χ0v) is 14.7. The Labute approximate surface area is 138 Å². The molecule has 5 heteroatoms. The molecule has 1 aromatic rings. The highest BCUT2D eigenvalue weighted by Gasteiger charge is 2.16. The van der Waals surface area contributed by atoms with Crippen LogP contribution < -0.4 is 10.6 Å². The first-order chi connectivity index (χ1) is 10.7. The maximum atomic E-state index is 11.7. The second kappa shape index (κ2) is 8.56. The number of rotatable bonds is 6. The lowest BCUT2D eigenvalue weighted by atomic mass is 10.1. The number of anilines is 1. The largest absolute Gasteiger partial charge is 0.444 e. The van der Waals surface area contributed by atoms with Crippen LogP contribution in [0.5, 0.6) is 0 Å². The molecule has 23 heavy (non-hydrogen) atoms. The number of nitrogens with one attached hydrogen (secondary N) is 2. The number of carbonyl (C=O) groups excluding carboxylic acids is 2. The van der Waals surface area contributed by atoms with Crippen LogP contribution in [-0.2, 0) is 16.0 Å². The highest BCUT2D eigenvalue weighted by atomic mass is 16.6. The normalized spacial score (nSPS) is 11.2. The average molecular weight is 320 g/mol. The van der Waals surface area contributed by atoms with Gasteiger partial charge in [0.05, 0.1) is 0 Å². The first kappa shape index (κ1) is 19.0. The van der Waals surface area contributed by atoms with Crippen LogP contribution >= 0.6 is 0 Å². The summed E-state index contributed by atoms with van der Waals surface area (Å²) in [5.74, 6) is 0.107. The van der Waals surface area contributed by atoms with Gasteiger partial charge in [0.15, 0.2) is 0 Å². The lowest BCUT2D eigenvalue weighted by Crippen LogP contribution is -2.28. The number of carbonyl (C=O) groups is 2. The van der Waals surface area contributed by atoms with Crippen molar-refractivity contribution in [3.05, 3.63) is 29.8 Å². The van der Waals surface area contributed by atoms with Crippen molar-refractivity contribution in [2.45, 2.75) is 53.1 Å². The molecule has 0 bridgehead atoms. The highest BCUT2D eigenvalue weighted by Crippen LogP contribution is 2.13. The third kappa shape index (κ3) is 8.24. The molecular formula is C18H28N2O3. The van der Waals surface area contributed by atoms with Gasteiger partial charge in [0.2, 0.25) is 5.91 Å². The monoisotopic (exact) mass is 320 g/mol. The molecule has 0 saturated heterocycles. The van der Waals surface area contributed by atoms with Crippen molar-refractivity contribution < 1.29 is 14.3 Å². The number of aryl methyl sites for hydroxylation is 1. The molecule has 1 rings (SSSR count). The van der Waals surface area contributed by atoms with Gasteiger partial charge >= 0.3 is 6.09 Å². The molecule has 2 amide bonds. The molecule has 0 fully saturated rings. The highest BCUT2D eigenvalue weighted by molar-refractivity contribution is 5.84. The van der Waals surface area contributed by atoms with Crippen molar-refractivity contribution in [1.82, 2.24) is 5.32 Å². The van der Waals surface area contributed by atoms with E-state index in [1.807, 2.05) is 58.9 Å². The molecule has 0 heterocycles. The lowest BCUT2D eigenvalue weighted by Gasteiger charge is -2.19. The SMILES string of the molecule is CC(C)C(=O)NCCCc1ccc(NC(=O)OC(C)(C)C)cc1. The maximum absolute atomic E-state index is 11.7. The Hall–Kier alpha value is -2.04. The van der Waals surface area contributed by atoms with Gasteiger partial charge < -0.3 is 10.1 Å². The van der Waals surface area contributed by atoms with E-state index >= 15 is 0 Å². The van der Waals surface area contributed by atoms with E-state index < -0.39 is 11.7 Å². The molecule has 0 unspecified atom stereocenters. The number of ether oxygens (including phenoxy) is 1. The Morgan fingerprint density at radius 1 is 1.13 bits per heavy atom. The molecular weight excluding hydrogens is 292 g/mol. The zero-order valence-electron chi connectivity index (χ0n) is 14.7. The van der Waals surface area contributed by atoms with Crippen LogP contribution in [0.4, 0.5) is 10.5 Å². The summed E-state index contributed by atoms with van der Waals surface area (Å²) in [5, 5.41) is 5.60. The third-order valence-corrected chi connectivity index (χ3v) is 3.07. The van der Waals surface area contributed by atoms with Crippen LogP contribution in [-0.4, -0.2) is 24.1 Å². The Bertz CT molecular complexity index is 516. The minimum absolute atomic E-state index is 0.0215. The molecule has 5 nitrogen and oxygen atoms in total. The van der Waals surface area contributed by atoms with Gasteiger partial charge in [-0.15, -0.1) is 0 Å². The summed E-state index contributed by atoms with van der Waals surface area (Å²) in [5.41, 5.74) is 1.36. The fourth-order valence-electron chi connectivity index (χ4n) is 1.88. The van der Waals surface area contributed by atoms with Crippen LogP contribution in [0, 0.1) is 5.92 Å². The van der Waals surface area contributed by atoms with Gasteiger partial charge in [-0.1, -0.05) is 26.0 Å². The smallest absolute Gasteiger partial charge is 0.412 e. The van der Waals surface area contributed by atoms with Crippen molar-refractivity contribution in [1.29, 1.82) is 0 Å². The Balaban J connectivity index is 2.36. The Morgan fingerprint density at radius 2 is 1.74 bits per heavy atom. The number of hydrogen-bond acceptors (Lipinski definition) is 3. The summed E-state index contributed by atoms with van der Waals surface area (Å²) >= 11 is 0. The van der Waals surface area contributed by atoms with Gasteiger partial charge in [-0.05, 0) is 51.3 Å². The average Bonchev–Trinajstić information content (AvgIpc) is 2.42. The summed E-state index contributed by atoms with van der Waals surface area (Å²) in [6.45, 7) is 9.92. The van der Waals surface area contributed by atoms with Crippen molar-refractivity contribution in [2.75, 3.05) is 11.9 Å². The fourth-order valence-corrected chi connectivity index (χ4v) is 1.88. The van der Waals surface area contributed by atoms with E-state index in [9.17, 15) is 9.59 Å². The second-order valence-electron chi connectivity index (χ2n) is 6.87. The minimum Gasteiger partial charge on any atom is -0.444 e. The topological polar surface area (TPSA) is 67.4 Å². The van der Waals surface area contributed by atoms with Gasteiger partial charge in [-0.3, -0.25) is 10.1 Å². The molecule has 0 aliphatic carbocycles. The predicted octanol–water partition coefficient (Wildman–Crippen LogP) is 3.74. The second-order valence-corrected chi connectivity index (χ2v) is 6.87. The minimum atomic E-state index is -0.509. The quantitative estimate of drug-likeness (QED) is 0.785. The first-order valence-electron chi connectivity index (χ1n) is 8.04. The van der Waals surface area contributed by atoms with E-state index in [0.717, 1.165) is 12.8 Å². The maximum Gasteiger partial charge on any atom is 0.412 e. The summed E-state index contributed by atoms with van der Waals surface area (Å²) in [7, 11) is 0. The molecule has 0 aliphatic heterocycles. The molecule has 0 aliphatic rings. The first-order valence-corrected chi connectivity index (χ1v) is 8.04. The van der Waals surface area contributed by atoms with E-state index in [1.165, 1.54) is 5.56 Å². The van der Waals surface area contributed by atoms with Gasteiger partial charge in [0, 0.05) is 18.2 Å². The number of amides is 2. The molecule has 0 saturated carbocycles. The van der Waals surface area contributed by atoms with Gasteiger partial charge in [-0.2, -0.15) is 0 Å². The summed E-state index contributed by atoms with van der Waals surface area (Å²) in [6, 6.07) is 7.64. The molecule has 0 aromatic heterocycles.